The summed E-state index contributed by atoms with van der Waals surface area (Å²) < 4.78 is 17.1. The number of carbonyl (C=O) groups excluding carboxylic acids is 1. The molecular formula is C17H32BNO4. The zero-order valence-electron chi connectivity index (χ0n) is 16.1. The molecule has 1 aliphatic rings. The van der Waals surface area contributed by atoms with Gasteiger partial charge in [0, 0.05) is 6.54 Å². The van der Waals surface area contributed by atoms with Crippen LogP contribution in [0, 0.1) is 5.41 Å². The third kappa shape index (κ3) is 6.19. The standard InChI is InChI=1S/C17H32BNO4/c1-14(2,3)21-13(20)19-12-15(4,5)10-11-18-22-16(6,7)17(8,9)23-18/h10-11H,12H2,1-9H3,(H,19,20). The van der Waals surface area contributed by atoms with Crippen molar-refractivity contribution in [2.45, 2.75) is 79.1 Å². The smallest absolute Gasteiger partial charge is 0.444 e. The molecule has 1 heterocycles. The predicted octanol–water partition coefficient (Wildman–Crippen LogP) is 3.72. The topological polar surface area (TPSA) is 56.8 Å². The Morgan fingerprint density at radius 1 is 1.09 bits per heavy atom. The van der Waals surface area contributed by atoms with Gasteiger partial charge in [0.25, 0.3) is 0 Å². The molecule has 0 aromatic heterocycles. The second-order valence-electron chi connectivity index (χ2n) is 8.83. The lowest BCUT2D eigenvalue weighted by atomic mass is 9.83. The minimum absolute atomic E-state index is 0.236. The molecule has 5 nitrogen and oxygen atoms in total. The van der Waals surface area contributed by atoms with E-state index in [0.717, 1.165) is 0 Å². The first-order valence-corrected chi connectivity index (χ1v) is 8.15. The molecule has 1 aliphatic heterocycles. The van der Waals surface area contributed by atoms with Gasteiger partial charge in [-0.15, -0.1) is 0 Å². The quantitative estimate of drug-likeness (QED) is 0.800. The molecule has 0 aromatic rings. The zero-order chi connectivity index (χ0) is 18.1. The van der Waals surface area contributed by atoms with Gasteiger partial charge in [-0.3, -0.25) is 0 Å². The molecule has 1 fully saturated rings. The Balaban J connectivity index is 2.54. The Morgan fingerprint density at radius 3 is 2.00 bits per heavy atom. The molecule has 0 unspecified atom stereocenters. The fraction of sp³-hybridized carbons (Fsp3) is 0.824. The number of rotatable bonds is 4. The summed E-state index contributed by atoms with van der Waals surface area (Å²) in [6, 6.07) is 0. The maximum absolute atomic E-state index is 11.7. The maximum Gasteiger partial charge on any atom is 0.486 e. The summed E-state index contributed by atoms with van der Waals surface area (Å²) in [5.41, 5.74) is -1.42. The zero-order valence-corrected chi connectivity index (χ0v) is 16.1. The van der Waals surface area contributed by atoms with Crippen LogP contribution in [0.15, 0.2) is 12.1 Å². The Morgan fingerprint density at radius 2 is 1.57 bits per heavy atom. The van der Waals surface area contributed by atoms with Crippen LogP contribution in [0.4, 0.5) is 4.79 Å². The van der Waals surface area contributed by atoms with Gasteiger partial charge in [-0.1, -0.05) is 25.9 Å². The summed E-state index contributed by atoms with van der Waals surface area (Å²) >= 11 is 0. The van der Waals surface area contributed by atoms with Crippen LogP contribution < -0.4 is 5.32 Å². The Kier molecular flexibility index (Phi) is 5.64. The minimum atomic E-state index is -0.493. The molecule has 1 saturated heterocycles. The summed E-state index contributed by atoms with van der Waals surface area (Å²) in [7, 11) is -0.374. The fourth-order valence-electron chi connectivity index (χ4n) is 1.98. The summed E-state index contributed by atoms with van der Waals surface area (Å²) in [6.07, 6.45) is 1.60. The molecule has 0 aromatic carbocycles. The van der Waals surface area contributed by atoms with Crippen molar-refractivity contribution < 1.29 is 18.8 Å². The molecule has 1 N–H and O–H groups in total. The van der Waals surface area contributed by atoms with Gasteiger partial charge in [0.15, 0.2) is 0 Å². The largest absolute Gasteiger partial charge is 0.486 e. The summed E-state index contributed by atoms with van der Waals surface area (Å²) in [6.45, 7) is 18.2. The van der Waals surface area contributed by atoms with Crippen LogP contribution in [-0.4, -0.2) is 36.6 Å². The van der Waals surface area contributed by atoms with Crippen LogP contribution in [-0.2, 0) is 14.0 Å². The highest BCUT2D eigenvalue weighted by Gasteiger charge is 2.50. The highest BCUT2D eigenvalue weighted by molar-refractivity contribution is 6.51. The lowest BCUT2D eigenvalue weighted by molar-refractivity contribution is 0.00578. The molecule has 132 valence electrons. The minimum Gasteiger partial charge on any atom is -0.444 e. The summed E-state index contributed by atoms with van der Waals surface area (Å²) in [5.74, 6) is 1.91. The summed E-state index contributed by atoms with van der Waals surface area (Å²) in [5, 5.41) is 2.79. The van der Waals surface area contributed by atoms with Gasteiger partial charge >= 0.3 is 13.2 Å². The second kappa shape index (κ2) is 6.48. The van der Waals surface area contributed by atoms with E-state index in [1.54, 1.807) is 0 Å². The van der Waals surface area contributed by atoms with Crippen molar-refractivity contribution in [1.82, 2.24) is 5.32 Å². The van der Waals surface area contributed by atoms with E-state index in [2.05, 4.69) is 5.32 Å². The van der Waals surface area contributed by atoms with Crippen molar-refractivity contribution in [3.8, 4) is 0 Å². The number of nitrogens with one attached hydrogen (secondary N) is 1. The molecule has 0 atom stereocenters. The van der Waals surface area contributed by atoms with Crippen LogP contribution in [0.2, 0.25) is 0 Å². The van der Waals surface area contributed by atoms with E-state index in [1.807, 2.05) is 74.4 Å². The normalized spacial score (nSPS) is 20.8. The molecule has 23 heavy (non-hydrogen) atoms. The van der Waals surface area contributed by atoms with Crippen molar-refractivity contribution in [2.24, 2.45) is 5.41 Å². The van der Waals surface area contributed by atoms with E-state index in [0.29, 0.717) is 6.54 Å². The monoisotopic (exact) mass is 325 g/mol. The molecule has 6 heteroatoms. The average molecular weight is 325 g/mol. The third-order valence-corrected chi connectivity index (χ3v) is 4.06. The van der Waals surface area contributed by atoms with E-state index < -0.39 is 11.7 Å². The van der Waals surface area contributed by atoms with Crippen molar-refractivity contribution in [3.63, 3.8) is 0 Å². The predicted molar refractivity (Wildman–Crippen MR) is 93.2 cm³/mol. The van der Waals surface area contributed by atoms with Crippen LogP contribution in [0.25, 0.3) is 0 Å². The number of ether oxygens (including phenoxy) is 1. The van der Waals surface area contributed by atoms with Gasteiger partial charge in [0.05, 0.1) is 11.2 Å². The van der Waals surface area contributed by atoms with E-state index in [9.17, 15) is 4.79 Å². The Hall–Kier alpha value is -1.01. The van der Waals surface area contributed by atoms with Crippen molar-refractivity contribution >= 4 is 13.2 Å². The van der Waals surface area contributed by atoms with Gasteiger partial charge in [-0.2, -0.15) is 0 Å². The highest BCUT2D eigenvalue weighted by atomic mass is 16.7. The Labute approximate surface area is 141 Å². The number of carbonyl (C=O) groups is 1. The van der Waals surface area contributed by atoms with Gasteiger partial charge in [-0.05, 0) is 53.9 Å². The molecule has 0 saturated carbocycles. The summed E-state index contributed by atoms with van der Waals surface area (Å²) in [4.78, 5) is 11.7. The van der Waals surface area contributed by atoms with Gasteiger partial charge < -0.3 is 19.4 Å². The molecule has 1 amide bonds. The third-order valence-electron chi connectivity index (χ3n) is 4.06. The maximum atomic E-state index is 11.7. The van der Waals surface area contributed by atoms with Crippen LogP contribution in [0.1, 0.15) is 62.3 Å². The lowest BCUT2D eigenvalue weighted by Crippen LogP contribution is -2.41. The first-order chi connectivity index (χ1) is 10.1. The first kappa shape index (κ1) is 20.0. The molecule has 0 spiro atoms. The number of hydrogen-bond donors (Lipinski definition) is 1. The second-order valence-corrected chi connectivity index (χ2v) is 8.83. The van der Waals surface area contributed by atoms with Crippen LogP contribution in [0.5, 0.6) is 0 Å². The average Bonchev–Trinajstić information content (AvgIpc) is 2.51. The van der Waals surface area contributed by atoms with Gasteiger partial charge in [-0.25, -0.2) is 4.79 Å². The molecule has 0 radical (unpaired) electrons. The van der Waals surface area contributed by atoms with Crippen molar-refractivity contribution in [1.29, 1.82) is 0 Å². The van der Waals surface area contributed by atoms with Crippen LogP contribution >= 0.6 is 0 Å². The number of hydrogen-bond acceptors (Lipinski definition) is 4. The van der Waals surface area contributed by atoms with Crippen molar-refractivity contribution in [2.75, 3.05) is 6.54 Å². The SMILES string of the molecule is CC(C)(C=CB1OC(C)(C)C(C)(C)O1)CNC(=O)OC(C)(C)C. The van der Waals surface area contributed by atoms with Gasteiger partial charge in [0.1, 0.15) is 5.60 Å². The number of amides is 1. The molecule has 0 bridgehead atoms. The van der Waals surface area contributed by atoms with Gasteiger partial charge in [0.2, 0.25) is 0 Å². The number of alkyl carbamates (subject to hydrolysis) is 1. The Bertz CT molecular complexity index is 448. The lowest BCUT2D eigenvalue weighted by Gasteiger charge is -2.32. The highest BCUT2D eigenvalue weighted by Crippen LogP contribution is 2.37. The fourth-order valence-corrected chi connectivity index (χ4v) is 1.98. The van der Waals surface area contributed by atoms with Crippen molar-refractivity contribution in [3.05, 3.63) is 12.1 Å². The molecule has 1 rings (SSSR count). The van der Waals surface area contributed by atoms with E-state index >= 15 is 0 Å². The van der Waals surface area contributed by atoms with E-state index in [-0.39, 0.29) is 23.7 Å². The molecule has 0 aliphatic carbocycles. The van der Waals surface area contributed by atoms with E-state index in [4.69, 9.17) is 14.0 Å². The first-order valence-electron chi connectivity index (χ1n) is 8.15. The van der Waals surface area contributed by atoms with E-state index in [1.165, 1.54) is 0 Å². The molecular weight excluding hydrogens is 293 g/mol. The van der Waals surface area contributed by atoms with Crippen LogP contribution in [0.3, 0.4) is 0 Å².